The molecule has 0 aliphatic carbocycles. The first kappa shape index (κ1) is 13.7. The van der Waals surface area contributed by atoms with Crippen LogP contribution in [0.25, 0.3) is 11.3 Å². The number of hydrogen-bond donors (Lipinski definition) is 1. The number of nitrogens with two attached hydrogens (primary N) is 1. The Labute approximate surface area is 114 Å². The lowest BCUT2D eigenvalue weighted by Crippen LogP contribution is -2.19. The van der Waals surface area contributed by atoms with Crippen molar-refractivity contribution in [2.24, 2.45) is 5.73 Å². The highest BCUT2D eigenvalue weighted by Gasteiger charge is 2.08. The third-order valence-corrected chi connectivity index (χ3v) is 3.07. The van der Waals surface area contributed by atoms with Crippen LogP contribution in [-0.4, -0.2) is 16.0 Å². The largest absolute Gasteiger partial charge is 0.328 e. The van der Waals surface area contributed by atoms with Crippen molar-refractivity contribution in [1.82, 2.24) is 9.97 Å². The Morgan fingerprint density at radius 1 is 1.11 bits per heavy atom. The maximum Gasteiger partial charge on any atom is 0.130 e. The van der Waals surface area contributed by atoms with Crippen molar-refractivity contribution in [2.45, 2.75) is 40.2 Å². The summed E-state index contributed by atoms with van der Waals surface area (Å²) in [4.78, 5) is 9.12. The molecule has 2 aromatic rings. The highest BCUT2D eigenvalue weighted by atomic mass is 14.9. The third kappa shape index (κ3) is 3.38. The molecule has 1 heterocycles. The Hall–Kier alpha value is -1.74. The van der Waals surface area contributed by atoms with Gasteiger partial charge in [-0.05, 0) is 45.4 Å². The molecular formula is C16H21N3. The molecule has 1 unspecified atom stereocenters. The smallest absolute Gasteiger partial charge is 0.130 e. The molecule has 19 heavy (non-hydrogen) atoms. The first-order valence-corrected chi connectivity index (χ1v) is 6.63. The lowest BCUT2D eigenvalue weighted by atomic mass is 10.0. The van der Waals surface area contributed by atoms with E-state index in [1.54, 1.807) is 0 Å². The van der Waals surface area contributed by atoms with Crippen LogP contribution in [0.1, 0.15) is 29.6 Å². The first-order valence-electron chi connectivity index (χ1n) is 6.63. The zero-order valence-corrected chi connectivity index (χ0v) is 12.1. The normalized spacial score (nSPS) is 12.5. The van der Waals surface area contributed by atoms with Gasteiger partial charge in [-0.3, -0.25) is 0 Å². The van der Waals surface area contributed by atoms with E-state index in [1.165, 1.54) is 16.7 Å². The highest BCUT2D eigenvalue weighted by molar-refractivity contribution is 5.64. The van der Waals surface area contributed by atoms with Crippen LogP contribution in [0.15, 0.2) is 24.3 Å². The second-order valence-corrected chi connectivity index (χ2v) is 5.31. The van der Waals surface area contributed by atoms with Crippen LogP contribution in [0, 0.1) is 20.8 Å². The van der Waals surface area contributed by atoms with Crippen LogP contribution >= 0.6 is 0 Å². The Morgan fingerprint density at radius 2 is 1.84 bits per heavy atom. The summed E-state index contributed by atoms with van der Waals surface area (Å²) in [6, 6.07) is 8.54. The van der Waals surface area contributed by atoms with Crippen molar-refractivity contribution >= 4 is 0 Å². The Kier molecular flexibility index (Phi) is 3.96. The van der Waals surface area contributed by atoms with Gasteiger partial charge in [-0.2, -0.15) is 0 Å². The molecule has 2 N–H and O–H groups in total. The molecule has 1 aromatic heterocycles. The molecule has 0 saturated carbocycles. The van der Waals surface area contributed by atoms with Gasteiger partial charge in [0.2, 0.25) is 0 Å². The molecule has 2 rings (SSSR count). The molecule has 0 spiro atoms. The monoisotopic (exact) mass is 255 g/mol. The summed E-state index contributed by atoms with van der Waals surface area (Å²) < 4.78 is 0. The Balaban J connectivity index is 2.49. The van der Waals surface area contributed by atoms with Gasteiger partial charge in [-0.15, -0.1) is 0 Å². The van der Waals surface area contributed by atoms with Crippen molar-refractivity contribution < 1.29 is 0 Å². The minimum absolute atomic E-state index is 0.0771. The number of rotatable bonds is 3. The summed E-state index contributed by atoms with van der Waals surface area (Å²) in [7, 11) is 0. The van der Waals surface area contributed by atoms with E-state index in [4.69, 9.17) is 5.73 Å². The summed E-state index contributed by atoms with van der Waals surface area (Å²) >= 11 is 0. The molecular weight excluding hydrogens is 234 g/mol. The molecule has 100 valence electrons. The summed E-state index contributed by atoms with van der Waals surface area (Å²) in [5, 5.41) is 0. The first-order chi connectivity index (χ1) is 8.95. The zero-order chi connectivity index (χ0) is 14.0. The fraction of sp³-hybridized carbons (Fsp3) is 0.375. The summed E-state index contributed by atoms with van der Waals surface area (Å²) in [5.74, 6) is 0.825. The zero-order valence-electron chi connectivity index (χ0n) is 12.1. The predicted molar refractivity (Wildman–Crippen MR) is 79.0 cm³/mol. The van der Waals surface area contributed by atoms with Crippen LogP contribution in [0.4, 0.5) is 0 Å². The maximum absolute atomic E-state index is 5.84. The van der Waals surface area contributed by atoms with E-state index < -0.39 is 0 Å². The van der Waals surface area contributed by atoms with E-state index in [-0.39, 0.29) is 6.04 Å². The van der Waals surface area contributed by atoms with E-state index >= 15 is 0 Å². The van der Waals surface area contributed by atoms with Crippen LogP contribution < -0.4 is 5.73 Å². The topological polar surface area (TPSA) is 51.8 Å². The maximum atomic E-state index is 5.84. The Morgan fingerprint density at radius 3 is 2.53 bits per heavy atom. The average Bonchev–Trinajstić information content (AvgIpc) is 2.30. The molecule has 0 bridgehead atoms. The van der Waals surface area contributed by atoms with Gasteiger partial charge in [-0.1, -0.05) is 17.7 Å². The molecule has 0 saturated heterocycles. The lowest BCUT2D eigenvalue weighted by Gasteiger charge is -2.10. The molecule has 3 nitrogen and oxygen atoms in total. The number of nitrogens with zero attached hydrogens (tertiary/aromatic N) is 2. The molecule has 0 radical (unpaired) electrons. The minimum atomic E-state index is 0.0771. The molecule has 0 aliphatic rings. The fourth-order valence-corrected chi connectivity index (χ4v) is 2.16. The van der Waals surface area contributed by atoms with Crippen molar-refractivity contribution in [3.8, 4) is 11.3 Å². The van der Waals surface area contributed by atoms with Gasteiger partial charge < -0.3 is 5.73 Å². The van der Waals surface area contributed by atoms with Gasteiger partial charge in [0, 0.05) is 23.7 Å². The molecule has 0 fully saturated rings. The average molecular weight is 255 g/mol. The SMILES string of the molecule is Cc1ccc(C)c(-c2cc(C)nc(CC(C)N)n2)c1. The van der Waals surface area contributed by atoms with Crippen LogP contribution in [0.5, 0.6) is 0 Å². The van der Waals surface area contributed by atoms with Crippen molar-refractivity contribution in [1.29, 1.82) is 0 Å². The van der Waals surface area contributed by atoms with Crippen LogP contribution in [-0.2, 0) is 6.42 Å². The summed E-state index contributed by atoms with van der Waals surface area (Å²) in [6.45, 7) is 8.18. The van der Waals surface area contributed by atoms with Crippen molar-refractivity contribution in [3.05, 3.63) is 46.9 Å². The van der Waals surface area contributed by atoms with Crippen LogP contribution in [0.2, 0.25) is 0 Å². The second kappa shape index (κ2) is 5.49. The highest BCUT2D eigenvalue weighted by Crippen LogP contribution is 2.23. The van der Waals surface area contributed by atoms with E-state index in [0.717, 1.165) is 17.2 Å². The van der Waals surface area contributed by atoms with Crippen molar-refractivity contribution in [2.75, 3.05) is 0 Å². The molecule has 0 amide bonds. The molecule has 1 atom stereocenters. The molecule has 1 aromatic carbocycles. The fourth-order valence-electron chi connectivity index (χ4n) is 2.16. The number of aromatic nitrogens is 2. The number of hydrogen-bond acceptors (Lipinski definition) is 3. The third-order valence-electron chi connectivity index (χ3n) is 3.07. The van der Waals surface area contributed by atoms with Gasteiger partial charge in [0.1, 0.15) is 5.82 Å². The number of benzene rings is 1. The van der Waals surface area contributed by atoms with Gasteiger partial charge in [0.25, 0.3) is 0 Å². The standard InChI is InChI=1S/C16H21N3/c1-10-5-6-11(2)14(7-10)15-9-13(4)18-16(19-15)8-12(3)17/h5-7,9,12H,8,17H2,1-4H3. The summed E-state index contributed by atoms with van der Waals surface area (Å²) in [5.41, 5.74) is 11.5. The van der Waals surface area contributed by atoms with E-state index in [9.17, 15) is 0 Å². The Bertz CT molecular complexity index is 589. The second-order valence-electron chi connectivity index (χ2n) is 5.31. The van der Waals surface area contributed by atoms with E-state index in [1.807, 2.05) is 19.9 Å². The predicted octanol–water partition coefficient (Wildman–Crippen LogP) is 2.96. The molecule has 0 aliphatic heterocycles. The summed E-state index contributed by atoms with van der Waals surface area (Å²) in [6.07, 6.45) is 0.708. The minimum Gasteiger partial charge on any atom is -0.328 e. The van der Waals surface area contributed by atoms with Gasteiger partial charge in [0.15, 0.2) is 0 Å². The van der Waals surface area contributed by atoms with E-state index in [2.05, 4.69) is 42.0 Å². The van der Waals surface area contributed by atoms with Crippen LogP contribution in [0.3, 0.4) is 0 Å². The number of aryl methyl sites for hydroxylation is 3. The molecule has 3 heteroatoms. The van der Waals surface area contributed by atoms with Gasteiger partial charge in [-0.25, -0.2) is 9.97 Å². The lowest BCUT2D eigenvalue weighted by molar-refractivity contribution is 0.699. The van der Waals surface area contributed by atoms with Crippen molar-refractivity contribution in [3.63, 3.8) is 0 Å². The van der Waals surface area contributed by atoms with Gasteiger partial charge >= 0.3 is 0 Å². The quantitative estimate of drug-likeness (QED) is 0.917. The van der Waals surface area contributed by atoms with E-state index in [0.29, 0.717) is 6.42 Å². The van der Waals surface area contributed by atoms with Gasteiger partial charge in [0.05, 0.1) is 5.69 Å².